The number of carbonyl (C=O) groups excluding carboxylic acids is 2. The minimum absolute atomic E-state index is 0.00998. The Kier molecular flexibility index (Phi) is 11.1. The van der Waals surface area contributed by atoms with Crippen LogP contribution in [-0.2, 0) is 19.1 Å². The predicted octanol–water partition coefficient (Wildman–Crippen LogP) is 5.73. The summed E-state index contributed by atoms with van der Waals surface area (Å²) >= 11 is 1.56. The van der Waals surface area contributed by atoms with E-state index in [9.17, 15) is 14.7 Å². The molecule has 0 radical (unpaired) electrons. The van der Waals surface area contributed by atoms with E-state index < -0.39 is 23.5 Å². The zero-order valence-electron chi connectivity index (χ0n) is 22.0. The number of carbonyl (C=O) groups is 2. The number of aliphatic hydroxyl groups is 1. The van der Waals surface area contributed by atoms with Crippen LogP contribution in [-0.4, -0.2) is 46.6 Å². The molecule has 1 aliphatic rings. The number of nitrogens with one attached hydrogen (secondary N) is 1. The Balaban J connectivity index is 2.29. The molecule has 7 nitrogen and oxygen atoms in total. The van der Waals surface area contributed by atoms with Gasteiger partial charge in [0.25, 0.3) is 0 Å². The number of ether oxygens (including phenoxy) is 2. The van der Waals surface area contributed by atoms with Gasteiger partial charge in [-0.15, -0.1) is 11.3 Å². The Hall–Kier alpha value is -2.06. The molecule has 0 saturated carbocycles. The van der Waals surface area contributed by atoms with Crippen molar-refractivity contribution in [2.45, 2.75) is 105 Å². The number of aromatic nitrogens is 1. The van der Waals surface area contributed by atoms with E-state index in [1.165, 1.54) is 0 Å². The van der Waals surface area contributed by atoms with E-state index >= 15 is 0 Å². The summed E-state index contributed by atoms with van der Waals surface area (Å²) in [6.07, 6.45) is 5.49. The van der Waals surface area contributed by atoms with Gasteiger partial charge in [0.05, 0.1) is 16.8 Å². The number of ketones is 1. The van der Waals surface area contributed by atoms with Gasteiger partial charge in [-0.05, 0) is 57.1 Å². The van der Waals surface area contributed by atoms with Gasteiger partial charge in [0.2, 0.25) is 0 Å². The first-order chi connectivity index (χ1) is 16.4. The van der Waals surface area contributed by atoms with Crippen LogP contribution in [0.4, 0.5) is 0 Å². The maximum atomic E-state index is 13.1. The second kappa shape index (κ2) is 13.3. The normalized spacial score (nSPS) is 29.9. The molecule has 196 valence electrons. The molecular formula is C27H42N2O5S. The van der Waals surface area contributed by atoms with Crippen molar-refractivity contribution < 1.29 is 24.2 Å². The third-order valence-corrected chi connectivity index (χ3v) is 7.89. The SMILES string of the molecule is C/C(=C\c1csc(C)n1)C1CC(OC=N)CCCC[C@H](C)C(O)[C@@H](C)C(=O)C(C)(C)CCC(=O)O1. The summed E-state index contributed by atoms with van der Waals surface area (Å²) in [4.78, 5) is 30.5. The standard InChI is InChI=1S/C27H42N2O5S/c1-17-9-7-8-10-22(33-16-28)14-23(18(2)13-21-15-35-20(4)29-21)34-24(30)11-12-27(5,6)26(32)19(3)25(17)31/h13,15-17,19,22-23,25,28,31H,7-12,14H2,1-6H3/b18-13+,28-16?/t17-,19+,22?,23?,25?/m0/s1. The summed E-state index contributed by atoms with van der Waals surface area (Å²) in [7, 11) is 0. The van der Waals surface area contributed by atoms with E-state index in [1.54, 1.807) is 18.3 Å². The first-order valence-corrected chi connectivity index (χ1v) is 13.5. The molecule has 1 aliphatic heterocycles. The molecule has 2 heterocycles. The van der Waals surface area contributed by atoms with E-state index in [1.807, 2.05) is 46.1 Å². The van der Waals surface area contributed by atoms with E-state index in [-0.39, 0.29) is 30.2 Å². The van der Waals surface area contributed by atoms with Crippen molar-refractivity contribution in [3.05, 3.63) is 21.7 Å². The molecule has 0 aromatic carbocycles. The molecule has 1 aromatic heterocycles. The summed E-state index contributed by atoms with van der Waals surface area (Å²) < 4.78 is 11.5. The molecule has 5 atom stereocenters. The predicted molar refractivity (Wildman–Crippen MR) is 139 cm³/mol. The summed E-state index contributed by atoms with van der Waals surface area (Å²) in [5, 5.41) is 21.2. The molecule has 2 rings (SSSR count). The van der Waals surface area contributed by atoms with Crippen LogP contribution in [0.5, 0.6) is 0 Å². The number of hydrogen-bond acceptors (Lipinski definition) is 8. The van der Waals surface area contributed by atoms with Gasteiger partial charge in [-0.1, -0.05) is 34.1 Å². The minimum Gasteiger partial charge on any atom is -0.480 e. The van der Waals surface area contributed by atoms with Crippen LogP contribution in [0.3, 0.4) is 0 Å². The molecule has 0 bridgehead atoms. The van der Waals surface area contributed by atoms with E-state index in [0.717, 1.165) is 41.9 Å². The summed E-state index contributed by atoms with van der Waals surface area (Å²) in [6.45, 7) is 11.3. The fraction of sp³-hybridized carbons (Fsp3) is 0.704. The lowest BCUT2D eigenvalue weighted by Crippen LogP contribution is -2.39. The van der Waals surface area contributed by atoms with Gasteiger partial charge < -0.3 is 14.6 Å². The summed E-state index contributed by atoms with van der Waals surface area (Å²) in [6, 6.07) is 0. The number of esters is 1. The van der Waals surface area contributed by atoms with Gasteiger partial charge in [-0.25, -0.2) is 4.98 Å². The quantitative estimate of drug-likeness (QED) is 0.306. The van der Waals surface area contributed by atoms with Crippen molar-refractivity contribution in [1.29, 1.82) is 5.41 Å². The third-order valence-electron chi connectivity index (χ3n) is 7.10. The average Bonchev–Trinajstić information content (AvgIpc) is 3.22. The van der Waals surface area contributed by atoms with Crippen LogP contribution in [0, 0.1) is 29.6 Å². The summed E-state index contributed by atoms with van der Waals surface area (Å²) in [5.74, 6) is -0.912. The average molecular weight is 507 g/mol. The largest absolute Gasteiger partial charge is 0.480 e. The lowest BCUT2D eigenvalue weighted by molar-refractivity contribution is -0.149. The lowest BCUT2D eigenvalue weighted by Gasteiger charge is -2.32. The van der Waals surface area contributed by atoms with Crippen LogP contribution in [0.25, 0.3) is 6.08 Å². The molecule has 2 N–H and O–H groups in total. The smallest absolute Gasteiger partial charge is 0.306 e. The van der Waals surface area contributed by atoms with Crippen molar-refractivity contribution in [1.82, 2.24) is 4.98 Å². The third kappa shape index (κ3) is 8.83. The van der Waals surface area contributed by atoms with Gasteiger partial charge in [0.15, 0.2) is 6.40 Å². The van der Waals surface area contributed by atoms with Crippen LogP contribution >= 0.6 is 11.3 Å². The first-order valence-electron chi connectivity index (χ1n) is 12.6. The fourth-order valence-corrected chi connectivity index (χ4v) is 5.27. The van der Waals surface area contributed by atoms with Gasteiger partial charge in [0.1, 0.15) is 18.0 Å². The number of aryl methyl sites for hydroxylation is 1. The minimum atomic E-state index is -0.749. The molecule has 35 heavy (non-hydrogen) atoms. The Bertz CT molecular complexity index is 894. The van der Waals surface area contributed by atoms with Crippen LogP contribution < -0.4 is 0 Å². The Morgan fingerprint density at radius 3 is 2.60 bits per heavy atom. The van der Waals surface area contributed by atoms with Crippen LogP contribution in [0.2, 0.25) is 0 Å². The lowest BCUT2D eigenvalue weighted by atomic mass is 9.74. The van der Waals surface area contributed by atoms with Gasteiger partial charge in [-0.2, -0.15) is 0 Å². The molecular weight excluding hydrogens is 464 g/mol. The highest BCUT2D eigenvalue weighted by atomic mass is 32.1. The first kappa shape index (κ1) is 29.2. The highest BCUT2D eigenvalue weighted by Gasteiger charge is 2.37. The molecule has 0 amide bonds. The van der Waals surface area contributed by atoms with Gasteiger partial charge >= 0.3 is 5.97 Å². The van der Waals surface area contributed by atoms with E-state index in [0.29, 0.717) is 19.3 Å². The van der Waals surface area contributed by atoms with E-state index in [2.05, 4.69) is 4.98 Å². The van der Waals surface area contributed by atoms with Gasteiger partial charge in [0, 0.05) is 29.6 Å². The Morgan fingerprint density at radius 2 is 1.97 bits per heavy atom. The molecule has 0 spiro atoms. The van der Waals surface area contributed by atoms with Crippen molar-refractivity contribution in [3.8, 4) is 0 Å². The van der Waals surface area contributed by atoms with Crippen molar-refractivity contribution in [3.63, 3.8) is 0 Å². The van der Waals surface area contributed by atoms with Crippen molar-refractivity contribution >= 4 is 35.6 Å². The van der Waals surface area contributed by atoms with Gasteiger partial charge in [-0.3, -0.25) is 15.0 Å². The van der Waals surface area contributed by atoms with Crippen LogP contribution in [0.15, 0.2) is 11.0 Å². The molecule has 0 aliphatic carbocycles. The highest BCUT2D eigenvalue weighted by Crippen LogP contribution is 2.32. The van der Waals surface area contributed by atoms with E-state index in [4.69, 9.17) is 14.9 Å². The topological polar surface area (TPSA) is 110 Å². The summed E-state index contributed by atoms with van der Waals surface area (Å²) in [5.41, 5.74) is 0.940. The number of Topliss-reactive ketones (excluding diaryl/α,β-unsaturated/α-hetero) is 1. The Labute approximate surface area is 213 Å². The molecule has 1 aromatic rings. The highest BCUT2D eigenvalue weighted by molar-refractivity contribution is 7.09. The van der Waals surface area contributed by atoms with Crippen molar-refractivity contribution in [2.75, 3.05) is 0 Å². The fourth-order valence-electron chi connectivity index (χ4n) is 4.70. The maximum absolute atomic E-state index is 13.1. The second-order valence-corrected chi connectivity index (χ2v) is 11.6. The molecule has 1 saturated heterocycles. The number of hydrogen-bond donors (Lipinski definition) is 2. The number of thiazole rings is 1. The number of nitrogens with zero attached hydrogens (tertiary/aromatic N) is 1. The maximum Gasteiger partial charge on any atom is 0.306 e. The molecule has 3 unspecified atom stereocenters. The zero-order valence-corrected chi connectivity index (χ0v) is 22.8. The molecule has 8 heteroatoms. The zero-order chi connectivity index (χ0) is 26.2. The monoisotopic (exact) mass is 506 g/mol. The number of aliphatic hydroxyl groups excluding tert-OH is 1. The van der Waals surface area contributed by atoms with Crippen LogP contribution in [0.1, 0.15) is 90.3 Å². The molecule has 1 fully saturated rings. The number of rotatable bonds is 4. The number of cyclic esters (lactones) is 1. The van der Waals surface area contributed by atoms with Crippen molar-refractivity contribution in [2.24, 2.45) is 17.3 Å². The second-order valence-electron chi connectivity index (χ2n) is 10.6. The Morgan fingerprint density at radius 1 is 1.29 bits per heavy atom.